The highest BCUT2D eigenvalue weighted by atomic mass is 16.5. The van der Waals surface area contributed by atoms with Gasteiger partial charge in [0.25, 0.3) is 0 Å². The number of benzene rings is 1. The second-order valence-corrected chi connectivity index (χ2v) is 4.90. The molecule has 0 saturated carbocycles. The predicted molar refractivity (Wildman–Crippen MR) is 90.7 cm³/mol. The van der Waals surface area contributed by atoms with Gasteiger partial charge in [-0.3, -0.25) is 0 Å². The van der Waals surface area contributed by atoms with Crippen molar-refractivity contribution in [3.05, 3.63) is 54.0 Å². The molecule has 0 fully saturated rings. The molecule has 130 valence electrons. The summed E-state index contributed by atoms with van der Waals surface area (Å²) in [6.07, 6.45) is 4.59. The van der Waals surface area contributed by atoms with Crippen LogP contribution in [-0.4, -0.2) is 25.7 Å². The van der Waals surface area contributed by atoms with Crippen LogP contribution in [0, 0.1) is 0 Å². The Kier molecular flexibility index (Phi) is 8.74. The first-order valence-electron chi connectivity index (χ1n) is 7.73. The smallest absolute Gasteiger partial charge is 0.374 e. The maximum absolute atomic E-state index is 11.2. The number of carbonyl (C=O) groups excluding carboxylic acids is 2. The van der Waals surface area contributed by atoms with Crippen molar-refractivity contribution in [1.29, 1.82) is 0 Å². The normalized spacial score (nSPS) is 9.58. The lowest BCUT2D eigenvalue weighted by Gasteiger charge is -2.00. The molecule has 0 radical (unpaired) electrons. The van der Waals surface area contributed by atoms with Crippen molar-refractivity contribution < 1.29 is 23.5 Å². The number of anilines is 1. The van der Waals surface area contributed by atoms with Gasteiger partial charge in [-0.25, -0.2) is 9.59 Å². The van der Waals surface area contributed by atoms with Crippen LogP contribution < -0.4 is 5.73 Å². The Morgan fingerprint density at radius 1 is 1.08 bits per heavy atom. The summed E-state index contributed by atoms with van der Waals surface area (Å²) >= 11 is 0. The van der Waals surface area contributed by atoms with E-state index in [4.69, 9.17) is 14.9 Å². The average Bonchev–Trinajstić information content (AvgIpc) is 3.13. The highest BCUT2D eigenvalue weighted by Crippen LogP contribution is 2.10. The lowest BCUT2D eigenvalue weighted by molar-refractivity contribution is 0.0461. The van der Waals surface area contributed by atoms with Crippen LogP contribution in [0.3, 0.4) is 0 Å². The molecule has 0 spiro atoms. The third kappa shape index (κ3) is 6.56. The summed E-state index contributed by atoms with van der Waals surface area (Å²) in [5.41, 5.74) is 6.35. The molecule has 0 aliphatic heterocycles. The van der Waals surface area contributed by atoms with Crippen LogP contribution in [0.2, 0.25) is 0 Å². The van der Waals surface area contributed by atoms with Gasteiger partial charge in [-0.15, -0.1) is 0 Å². The minimum absolute atomic E-state index is 0.275. The second kappa shape index (κ2) is 10.9. The van der Waals surface area contributed by atoms with E-state index in [1.165, 1.54) is 13.4 Å². The molecule has 0 amide bonds. The van der Waals surface area contributed by atoms with Crippen molar-refractivity contribution >= 4 is 17.6 Å². The molecule has 0 unspecified atom stereocenters. The number of ether oxygens (including phenoxy) is 2. The number of carbonyl (C=O) groups is 2. The molecular formula is C18H23NO5. The number of para-hydroxylation sites is 1. The third-order valence-corrected chi connectivity index (χ3v) is 3.07. The SMILES string of the molecule is CCCCCOC(=O)c1ccco1.COC(=O)c1ccccc1N. The van der Waals surface area contributed by atoms with Gasteiger partial charge in [0.15, 0.2) is 0 Å². The van der Waals surface area contributed by atoms with Gasteiger partial charge >= 0.3 is 11.9 Å². The Hall–Kier alpha value is -2.76. The molecule has 0 saturated heterocycles. The summed E-state index contributed by atoms with van der Waals surface area (Å²) in [7, 11) is 1.33. The van der Waals surface area contributed by atoms with E-state index in [1.54, 1.807) is 36.4 Å². The number of rotatable bonds is 6. The van der Waals surface area contributed by atoms with E-state index in [0.717, 1.165) is 19.3 Å². The van der Waals surface area contributed by atoms with Gasteiger partial charge < -0.3 is 19.6 Å². The summed E-state index contributed by atoms with van der Waals surface area (Å²) < 4.78 is 14.3. The first-order chi connectivity index (χ1) is 11.6. The number of nitrogen functional groups attached to an aromatic ring is 1. The van der Waals surface area contributed by atoms with E-state index in [2.05, 4.69) is 11.7 Å². The van der Waals surface area contributed by atoms with Crippen molar-refractivity contribution in [2.24, 2.45) is 0 Å². The van der Waals surface area contributed by atoms with E-state index in [1.807, 2.05) is 0 Å². The predicted octanol–water partition coefficient (Wildman–Crippen LogP) is 3.68. The number of hydrogen-bond donors (Lipinski definition) is 1. The number of nitrogens with two attached hydrogens (primary N) is 1. The molecule has 1 heterocycles. The number of furan rings is 1. The molecule has 2 N–H and O–H groups in total. The molecule has 1 aromatic carbocycles. The highest BCUT2D eigenvalue weighted by Gasteiger charge is 2.08. The summed E-state index contributed by atoms with van der Waals surface area (Å²) in [4.78, 5) is 22.1. The summed E-state index contributed by atoms with van der Waals surface area (Å²) in [5, 5.41) is 0. The fourth-order valence-electron chi connectivity index (χ4n) is 1.78. The summed E-state index contributed by atoms with van der Waals surface area (Å²) in [6, 6.07) is 10.1. The van der Waals surface area contributed by atoms with E-state index >= 15 is 0 Å². The largest absolute Gasteiger partial charge is 0.465 e. The Morgan fingerprint density at radius 2 is 1.83 bits per heavy atom. The molecule has 0 atom stereocenters. The van der Waals surface area contributed by atoms with Crippen LogP contribution in [0.5, 0.6) is 0 Å². The van der Waals surface area contributed by atoms with E-state index in [9.17, 15) is 9.59 Å². The molecule has 0 bridgehead atoms. The number of methoxy groups -OCH3 is 1. The van der Waals surface area contributed by atoms with Gasteiger partial charge in [0, 0.05) is 5.69 Å². The van der Waals surface area contributed by atoms with Gasteiger partial charge in [0.05, 0.1) is 25.5 Å². The van der Waals surface area contributed by atoms with Gasteiger partial charge in [-0.2, -0.15) is 0 Å². The molecule has 0 aliphatic carbocycles. The van der Waals surface area contributed by atoms with Gasteiger partial charge in [-0.05, 0) is 30.7 Å². The molecule has 24 heavy (non-hydrogen) atoms. The van der Waals surface area contributed by atoms with Gasteiger partial charge in [0.1, 0.15) is 0 Å². The Balaban J connectivity index is 0.000000243. The fourth-order valence-corrected chi connectivity index (χ4v) is 1.78. The van der Waals surface area contributed by atoms with E-state index in [-0.39, 0.29) is 11.7 Å². The average molecular weight is 333 g/mol. The molecule has 2 aromatic rings. The summed E-state index contributed by atoms with van der Waals surface area (Å²) in [5.74, 6) is -0.499. The minimum Gasteiger partial charge on any atom is -0.465 e. The van der Waals surface area contributed by atoms with Crippen molar-refractivity contribution in [1.82, 2.24) is 0 Å². The first-order valence-corrected chi connectivity index (χ1v) is 7.73. The molecule has 6 nitrogen and oxygen atoms in total. The maximum Gasteiger partial charge on any atom is 0.374 e. The van der Waals surface area contributed by atoms with E-state index in [0.29, 0.717) is 17.9 Å². The van der Waals surface area contributed by atoms with Crippen molar-refractivity contribution in [3.63, 3.8) is 0 Å². The van der Waals surface area contributed by atoms with Crippen LogP contribution in [0.15, 0.2) is 47.1 Å². The number of hydrogen-bond acceptors (Lipinski definition) is 6. The Labute approximate surface area is 141 Å². The van der Waals surface area contributed by atoms with Gasteiger partial charge in [0.2, 0.25) is 5.76 Å². The molecular weight excluding hydrogens is 310 g/mol. The molecule has 0 aliphatic rings. The van der Waals surface area contributed by atoms with Crippen molar-refractivity contribution in [2.75, 3.05) is 19.5 Å². The number of unbranched alkanes of at least 4 members (excludes halogenated alkanes) is 2. The quantitative estimate of drug-likeness (QED) is 0.492. The maximum atomic E-state index is 11.2. The van der Waals surface area contributed by atoms with E-state index < -0.39 is 5.97 Å². The zero-order valence-electron chi connectivity index (χ0n) is 14.0. The lowest BCUT2D eigenvalue weighted by Crippen LogP contribution is -2.04. The Bertz CT molecular complexity index is 622. The van der Waals surface area contributed by atoms with Crippen molar-refractivity contribution in [3.8, 4) is 0 Å². The molecule has 1 aromatic heterocycles. The fraction of sp³-hybridized carbons (Fsp3) is 0.333. The van der Waals surface area contributed by atoms with Crippen LogP contribution in [0.1, 0.15) is 47.1 Å². The van der Waals surface area contributed by atoms with Crippen LogP contribution in [0.25, 0.3) is 0 Å². The first kappa shape index (κ1) is 19.3. The summed E-state index contributed by atoms with van der Waals surface area (Å²) in [6.45, 7) is 2.59. The third-order valence-electron chi connectivity index (χ3n) is 3.07. The van der Waals surface area contributed by atoms with Crippen LogP contribution >= 0.6 is 0 Å². The Morgan fingerprint density at radius 3 is 2.42 bits per heavy atom. The van der Waals surface area contributed by atoms with Crippen LogP contribution in [0.4, 0.5) is 5.69 Å². The topological polar surface area (TPSA) is 91.8 Å². The van der Waals surface area contributed by atoms with Crippen molar-refractivity contribution in [2.45, 2.75) is 26.2 Å². The highest BCUT2D eigenvalue weighted by molar-refractivity contribution is 5.94. The number of esters is 2. The lowest BCUT2D eigenvalue weighted by atomic mass is 10.2. The van der Waals surface area contributed by atoms with Crippen LogP contribution in [-0.2, 0) is 9.47 Å². The second-order valence-electron chi connectivity index (χ2n) is 4.90. The molecule has 6 heteroatoms. The van der Waals surface area contributed by atoms with Gasteiger partial charge in [-0.1, -0.05) is 31.9 Å². The zero-order chi connectivity index (χ0) is 17.8. The standard InChI is InChI=1S/C10H14O3.C8H9NO2/c1-2-3-4-7-13-10(11)9-6-5-8-12-9;1-11-8(10)6-4-2-3-5-7(6)9/h5-6,8H,2-4,7H2,1H3;2-5H,9H2,1H3. The minimum atomic E-state index is -0.400. The monoisotopic (exact) mass is 333 g/mol. The zero-order valence-corrected chi connectivity index (χ0v) is 14.0. The molecule has 2 rings (SSSR count).